The third-order valence-electron chi connectivity index (χ3n) is 2.79. The molecule has 0 aliphatic carbocycles. The van der Waals surface area contributed by atoms with Crippen molar-refractivity contribution in [2.24, 2.45) is 5.92 Å². The zero-order valence-corrected chi connectivity index (χ0v) is 14.4. The quantitative estimate of drug-likeness (QED) is 0.242. The average molecular weight is 350 g/mol. The molecule has 0 atom stereocenters. The molecule has 0 aromatic carbocycles. The number of methoxy groups -OCH3 is 3. The lowest BCUT2D eigenvalue weighted by atomic mass is 10.0. The molecule has 0 saturated heterocycles. The zero-order valence-electron chi connectivity index (χ0n) is 14.4. The van der Waals surface area contributed by atoms with Crippen molar-refractivity contribution in [3.63, 3.8) is 0 Å². The van der Waals surface area contributed by atoms with Crippen LogP contribution in [0.4, 0.5) is 0 Å². The summed E-state index contributed by atoms with van der Waals surface area (Å²) in [5.41, 5.74) is 0. The van der Waals surface area contributed by atoms with Crippen molar-refractivity contribution in [2.75, 3.05) is 61.0 Å². The molecule has 24 heavy (non-hydrogen) atoms. The first-order chi connectivity index (χ1) is 11.5. The summed E-state index contributed by atoms with van der Waals surface area (Å²) in [6.45, 7) is 0.873. The van der Waals surface area contributed by atoms with Gasteiger partial charge in [-0.05, 0) is 0 Å². The van der Waals surface area contributed by atoms with Crippen LogP contribution >= 0.6 is 0 Å². The van der Waals surface area contributed by atoms with Crippen molar-refractivity contribution in [1.29, 1.82) is 0 Å². The first kappa shape index (κ1) is 22.3. The molecule has 0 fully saturated rings. The van der Waals surface area contributed by atoms with Crippen molar-refractivity contribution in [3.8, 4) is 0 Å². The minimum absolute atomic E-state index is 0.0310. The first-order valence-corrected chi connectivity index (χ1v) is 7.49. The van der Waals surface area contributed by atoms with Crippen LogP contribution in [-0.4, -0.2) is 78.9 Å². The van der Waals surface area contributed by atoms with Gasteiger partial charge in [0.15, 0.2) is 0 Å². The average Bonchev–Trinajstić information content (AvgIpc) is 2.55. The summed E-state index contributed by atoms with van der Waals surface area (Å²) in [5, 5.41) is 0. The molecule has 0 N–H and O–H groups in total. The number of ether oxygens (including phenoxy) is 6. The Morgan fingerprint density at radius 3 is 1.38 bits per heavy atom. The van der Waals surface area contributed by atoms with Gasteiger partial charge in [0.1, 0.15) is 19.8 Å². The Morgan fingerprint density at radius 1 is 0.625 bits per heavy atom. The van der Waals surface area contributed by atoms with Crippen LogP contribution in [0, 0.1) is 5.92 Å². The monoisotopic (exact) mass is 350 g/mol. The minimum atomic E-state index is -0.980. The lowest BCUT2D eigenvalue weighted by Gasteiger charge is -2.15. The van der Waals surface area contributed by atoms with Crippen LogP contribution in [0.25, 0.3) is 0 Å². The lowest BCUT2D eigenvalue weighted by molar-refractivity contribution is -0.160. The maximum atomic E-state index is 12.0. The Labute approximate surface area is 141 Å². The third kappa shape index (κ3) is 11.8. The van der Waals surface area contributed by atoms with E-state index in [1.54, 1.807) is 0 Å². The molecular weight excluding hydrogens is 324 g/mol. The normalized spacial score (nSPS) is 10.5. The Kier molecular flexibility index (Phi) is 13.8. The van der Waals surface area contributed by atoms with E-state index in [1.165, 1.54) is 21.3 Å². The highest BCUT2D eigenvalue weighted by molar-refractivity contribution is 5.84. The van der Waals surface area contributed by atoms with Crippen molar-refractivity contribution >= 4 is 17.9 Å². The topological polar surface area (TPSA) is 107 Å². The summed E-state index contributed by atoms with van der Waals surface area (Å²) in [6, 6.07) is 0. The largest absolute Gasteiger partial charge is 0.463 e. The van der Waals surface area contributed by atoms with E-state index < -0.39 is 23.8 Å². The molecule has 140 valence electrons. The number of hydrogen-bond donors (Lipinski definition) is 0. The van der Waals surface area contributed by atoms with Crippen LogP contribution in [0.5, 0.6) is 0 Å². The number of rotatable bonds is 14. The van der Waals surface area contributed by atoms with Gasteiger partial charge in [-0.2, -0.15) is 0 Å². The van der Waals surface area contributed by atoms with Gasteiger partial charge in [0.25, 0.3) is 0 Å². The maximum Gasteiger partial charge on any atom is 0.310 e. The van der Waals surface area contributed by atoms with Gasteiger partial charge >= 0.3 is 17.9 Å². The summed E-state index contributed by atoms with van der Waals surface area (Å²) in [7, 11) is 4.41. The zero-order chi connectivity index (χ0) is 18.2. The predicted octanol–water partition coefficient (Wildman–Crippen LogP) is -0.0484. The van der Waals surface area contributed by atoms with E-state index in [-0.39, 0.29) is 52.5 Å². The molecule has 0 spiro atoms. The Bertz CT molecular complexity index is 346. The van der Waals surface area contributed by atoms with Gasteiger partial charge in [-0.3, -0.25) is 14.4 Å². The minimum Gasteiger partial charge on any atom is -0.463 e. The Morgan fingerprint density at radius 2 is 1.00 bits per heavy atom. The molecule has 0 bridgehead atoms. The summed E-state index contributed by atoms with van der Waals surface area (Å²) in [4.78, 5) is 35.5. The highest BCUT2D eigenvalue weighted by Gasteiger charge is 2.27. The van der Waals surface area contributed by atoms with Gasteiger partial charge in [-0.15, -0.1) is 0 Å². The second kappa shape index (κ2) is 14.9. The van der Waals surface area contributed by atoms with E-state index >= 15 is 0 Å². The lowest BCUT2D eigenvalue weighted by Crippen LogP contribution is -2.27. The van der Waals surface area contributed by atoms with E-state index in [0.29, 0.717) is 0 Å². The number of hydrogen-bond acceptors (Lipinski definition) is 9. The Balaban J connectivity index is 4.49. The number of carbonyl (C=O) groups excluding carboxylic acids is 3. The molecule has 0 heterocycles. The van der Waals surface area contributed by atoms with E-state index in [9.17, 15) is 14.4 Å². The summed E-state index contributed by atoms with van der Waals surface area (Å²) < 4.78 is 29.1. The van der Waals surface area contributed by atoms with E-state index in [2.05, 4.69) is 0 Å². The van der Waals surface area contributed by atoms with Crippen LogP contribution in [0.1, 0.15) is 12.8 Å². The molecule has 9 heteroatoms. The third-order valence-corrected chi connectivity index (χ3v) is 2.79. The van der Waals surface area contributed by atoms with Crippen LogP contribution in [-0.2, 0) is 42.8 Å². The SMILES string of the molecule is COCCOC(=O)CC(CC(=O)OCCOC)C(=O)OCCOC. The van der Waals surface area contributed by atoms with Gasteiger partial charge in [-0.25, -0.2) is 0 Å². The molecular formula is C15H26O9. The van der Waals surface area contributed by atoms with Crippen molar-refractivity contribution in [3.05, 3.63) is 0 Å². The van der Waals surface area contributed by atoms with Gasteiger partial charge in [-0.1, -0.05) is 0 Å². The standard InChI is InChI=1S/C15H26O9/c1-19-4-7-22-13(16)10-12(15(18)24-9-6-21-3)11-14(17)23-8-5-20-2/h12H,4-11H2,1-3H3. The second-order valence-corrected chi connectivity index (χ2v) is 4.69. The molecule has 9 nitrogen and oxygen atoms in total. The van der Waals surface area contributed by atoms with E-state index in [4.69, 9.17) is 28.4 Å². The maximum absolute atomic E-state index is 12.0. The second-order valence-electron chi connectivity index (χ2n) is 4.69. The molecule has 0 aliphatic rings. The van der Waals surface area contributed by atoms with Gasteiger partial charge in [0.2, 0.25) is 0 Å². The predicted molar refractivity (Wildman–Crippen MR) is 81.2 cm³/mol. The van der Waals surface area contributed by atoms with Gasteiger partial charge in [0, 0.05) is 21.3 Å². The number of esters is 3. The van der Waals surface area contributed by atoms with Crippen LogP contribution < -0.4 is 0 Å². The molecule has 0 amide bonds. The fraction of sp³-hybridized carbons (Fsp3) is 0.800. The summed E-state index contributed by atoms with van der Waals surface area (Å²) in [5.74, 6) is -2.90. The molecule has 0 saturated carbocycles. The smallest absolute Gasteiger partial charge is 0.310 e. The fourth-order valence-corrected chi connectivity index (χ4v) is 1.58. The molecule has 0 aromatic rings. The summed E-state index contributed by atoms with van der Waals surface area (Å²) in [6.07, 6.45) is -0.566. The molecule has 0 aromatic heterocycles. The first-order valence-electron chi connectivity index (χ1n) is 7.49. The molecule has 0 rings (SSSR count). The highest BCUT2D eigenvalue weighted by Crippen LogP contribution is 2.13. The van der Waals surface area contributed by atoms with Crippen molar-refractivity contribution in [1.82, 2.24) is 0 Å². The van der Waals surface area contributed by atoms with Crippen LogP contribution in [0.2, 0.25) is 0 Å². The summed E-state index contributed by atoms with van der Waals surface area (Å²) >= 11 is 0. The van der Waals surface area contributed by atoms with Gasteiger partial charge < -0.3 is 28.4 Å². The highest BCUT2D eigenvalue weighted by atomic mass is 16.6. The Hall–Kier alpha value is -1.71. The van der Waals surface area contributed by atoms with Crippen molar-refractivity contribution in [2.45, 2.75) is 12.8 Å². The van der Waals surface area contributed by atoms with Crippen LogP contribution in [0.15, 0.2) is 0 Å². The van der Waals surface area contributed by atoms with Crippen LogP contribution in [0.3, 0.4) is 0 Å². The fourth-order valence-electron chi connectivity index (χ4n) is 1.58. The number of carbonyl (C=O) groups is 3. The molecule has 0 unspecified atom stereocenters. The molecule has 0 aliphatic heterocycles. The van der Waals surface area contributed by atoms with Crippen molar-refractivity contribution < 1.29 is 42.8 Å². The van der Waals surface area contributed by atoms with E-state index in [1.807, 2.05) is 0 Å². The van der Waals surface area contributed by atoms with E-state index in [0.717, 1.165) is 0 Å². The molecule has 0 radical (unpaired) electrons. The van der Waals surface area contributed by atoms with Gasteiger partial charge in [0.05, 0.1) is 38.6 Å².